The van der Waals surface area contributed by atoms with Crippen LogP contribution in [0.5, 0.6) is 0 Å². The van der Waals surface area contributed by atoms with Crippen molar-refractivity contribution in [2.24, 2.45) is 0 Å². The van der Waals surface area contributed by atoms with Crippen LogP contribution in [-0.2, 0) is 11.3 Å². The highest BCUT2D eigenvalue weighted by Gasteiger charge is 2.22. The zero-order chi connectivity index (χ0) is 26.3. The number of hydrogen-bond donors (Lipinski definition) is 2. The van der Waals surface area contributed by atoms with Crippen molar-refractivity contribution in [2.45, 2.75) is 32.2 Å². The number of nitrogen functional groups attached to an aromatic ring is 1. The Kier molecular flexibility index (Phi) is 6.74. The van der Waals surface area contributed by atoms with Crippen molar-refractivity contribution in [3.05, 3.63) is 75.3 Å². The average molecular weight is 506 g/mol. The number of aromatic nitrogens is 3. The van der Waals surface area contributed by atoms with E-state index in [0.29, 0.717) is 29.1 Å². The molecule has 1 saturated heterocycles. The van der Waals surface area contributed by atoms with Gasteiger partial charge < -0.3 is 20.4 Å². The van der Waals surface area contributed by atoms with Crippen molar-refractivity contribution in [3.63, 3.8) is 0 Å². The molecule has 0 atom stereocenters. The number of nitrogens with zero attached hydrogens (tertiary/aromatic N) is 3. The van der Waals surface area contributed by atoms with E-state index in [1.165, 1.54) is 11.6 Å². The van der Waals surface area contributed by atoms with Crippen molar-refractivity contribution in [3.8, 4) is 22.5 Å². The van der Waals surface area contributed by atoms with Gasteiger partial charge in [0.15, 0.2) is 5.82 Å². The molecule has 1 aliphatic heterocycles. The van der Waals surface area contributed by atoms with E-state index < -0.39 is 17.3 Å². The smallest absolute Gasteiger partial charge is 0.256 e. The maximum atomic E-state index is 15.2. The summed E-state index contributed by atoms with van der Waals surface area (Å²) in [6, 6.07) is 10.2. The van der Waals surface area contributed by atoms with Gasteiger partial charge in [-0.05, 0) is 80.6 Å². The molecule has 0 radical (unpaired) electrons. The van der Waals surface area contributed by atoms with Crippen molar-refractivity contribution >= 4 is 16.6 Å². The van der Waals surface area contributed by atoms with E-state index in [2.05, 4.69) is 19.9 Å². The lowest BCUT2D eigenvalue weighted by atomic mass is 9.87. The molecule has 2 aromatic carbocycles. The van der Waals surface area contributed by atoms with Gasteiger partial charge in [-0.1, -0.05) is 12.1 Å². The molecule has 3 N–H and O–H groups in total. The standard InChI is InChI=1S/C28H29F2N5O2/c1-15-10-18-12-22(23(29)13-21(18)28(36)32-15)25-27(31)34-26(30)24(33-25)17-4-5-20(16-6-8-37-9-7-16)19(11-17)14-35(2)3/h4-5,10-13,16H,6-9,14H2,1-3H3,(H2,31,34)(H,32,36). The summed E-state index contributed by atoms with van der Waals surface area (Å²) < 4.78 is 35.8. The third kappa shape index (κ3) is 4.97. The topological polar surface area (TPSA) is 97.1 Å². The van der Waals surface area contributed by atoms with Crippen LogP contribution >= 0.6 is 0 Å². The lowest BCUT2D eigenvalue weighted by molar-refractivity contribution is 0.0850. The third-order valence-electron chi connectivity index (χ3n) is 6.77. The normalized spacial score (nSPS) is 14.5. The van der Waals surface area contributed by atoms with E-state index >= 15 is 8.78 Å². The van der Waals surface area contributed by atoms with Gasteiger partial charge in [0.1, 0.15) is 17.2 Å². The quantitative estimate of drug-likeness (QED) is 0.405. The fourth-order valence-corrected chi connectivity index (χ4v) is 5.05. The molecule has 0 unspecified atom stereocenters. The second-order valence-electron chi connectivity index (χ2n) is 9.84. The number of benzene rings is 2. The first kappa shape index (κ1) is 25.0. The summed E-state index contributed by atoms with van der Waals surface area (Å²) in [5.74, 6) is -1.38. The number of rotatable bonds is 5. The molecule has 0 spiro atoms. The van der Waals surface area contributed by atoms with E-state index in [0.717, 1.165) is 37.7 Å². The zero-order valence-electron chi connectivity index (χ0n) is 21.1. The van der Waals surface area contributed by atoms with Gasteiger partial charge in [-0.3, -0.25) is 4.79 Å². The van der Waals surface area contributed by atoms with E-state index in [1.807, 2.05) is 32.3 Å². The molecule has 7 nitrogen and oxygen atoms in total. The Hall–Kier alpha value is -3.69. The molecule has 3 heterocycles. The fourth-order valence-electron chi connectivity index (χ4n) is 5.05. The van der Waals surface area contributed by atoms with Gasteiger partial charge in [-0.15, -0.1) is 0 Å². The van der Waals surface area contributed by atoms with Gasteiger partial charge in [0, 0.05) is 42.0 Å². The second-order valence-corrected chi connectivity index (χ2v) is 9.84. The lowest BCUT2D eigenvalue weighted by Gasteiger charge is -2.26. The number of aromatic amines is 1. The summed E-state index contributed by atoms with van der Waals surface area (Å²) in [6.45, 7) is 3.85. The van der Waals surface area contributed by atoms with Gasteiger partial charge >= 0.3 is 0 Å². The Morgan fingerprint density at radius 3 is 2.57 bits per heavy atom. The summed E-state index contributed by atoms with van der Waals surface area (Å²) in [5.41, 5.74) is 9.15. The number of hydrogen-bond acceptors (Lipinski definition) is 6. The molecule has 2 aromatic heterocycles. The highest BCUT2D eigenvalue weighted by Crippen LogP contribution is 2.35. The Labute approximate surface area is 213 Å². The minimum Gasteiger partial charge on any atom is -0.382 e. The van der Waals surface area contributed by atoms with Crippen molar-refractivity contribution < 1.29 is 13.5 Å². The first-order valence-corrected chi connectivity index (χ1v) is 12.2. The molecule has 0 saturated carbocycles. The SMILES string of the molecule is Cc1cc2cc(-c3nc(-c4ccc(C5CCOCC5)c(CN(C)C)c4)c(F)nc3N)c(F)cc2c(=O)[nH]1. The average Bonchev–Trinajstić information content (AvgIpc) is 2.85. The molecule has 192 valence electrons. The summed E-state index contributed by atoms with van der Waals surface area (Å²) in [7, 11) is 3.97. The van der Waals surface area contributed by atoms with Gasteiger partial charge in [0.25, 0.3) is 5.56 Å². The molecule has 0 amide bonds. The van der Waals surface area contributed by atoms with Crippen LogP contribution in [0.4, 0.5) is 14.6 Å². The largest absolute Gasteiger partial charge is 0.382 e. The number of ether oxygens (including phenoxy) is 1. The zero-order valence-corrected chi connectivity index (χ0v) is 21.1. The predicted octanol–water partition coefficient (Wildman–Crippen LogP) is 4.78. The summed E-state index contributed by atoms with van der Waals surface area (Å²) >= 11 is 0. The molecular formula is C28H29F2N5O2. The van der Waals surface area contributed by atoms with Gasteiger partial charge in [0.2, 0.25) is 5.95 Å². The highest BCUT2D eigenvalue weighted by atomic mass is 19.1. The van der Waals surface area contributed by atoms with Crippen LogP contribution in [0.25, 0.3) is 33.3 Å². The summed E-state index contributed by atoms with van der Waals surface area (Å²) in [4.78, 5) is 25.3. The van der Waals surface area contributed by atoms with Crippen LogP contribution < -0.4 is 11.3 Å². The van der Waals surface area contributed by atoms with E-state index in [9.17, 15) is 4.79 Å². The summed E-state index contributed by atoms with van der Waals surface area (Å²) in [5, 5.41) is 0.733. The van der Waals surface area contributed by atoms with E-state index in [-0.39, 0.29) is 28.2 Å². The number of pyridine rings is 1. The van der Waals surface area contributed by atoms with E-state index in [1.54, 1.807) is 13.0 Å². The maximum absolute atomic E-state index is 15.2. The van der Waals surface area contributed by atoms with Crippen LogP contribution in [0.3, 0.4) is 0 Å². The number of nitrogens with one attached hydrogen (secondary N) is 1. The summed E-state index contributed by atoms with van der Waals surface area (Å²) in [6.07, 6.45) is 1.87. The van der Waals surface area contributed by atoms with Gasteiger partial charge in [0.05, 0.1) is 0 Å². The van der Waals surface area contributed by atoms with Crippen LogP contribution in [0.15, 0.2) is 41.2 Å². The molecule has 1 aliphatic rings. The first-order valence-electron chi connectivity index (χ1n) is 12.2. The Morgan fingerprint density at radius 2 is 1.84 bits per heavy atom. The number of halogens is 2. The predicted molar refractivity (Wildman–Crippen MR) is 140 cm³/mol. The minimum atomic E-state index is -0.829. The highest BCUT2D eigenvalue weighted by molar-refractivity contribution is 5.88. The fraction of sp³-hybridized carbons (Fsp3) is 0.321. The third-order valence-corrected chi connectivity index (χ3v) is 6.77. The lowest BCUT2D eigenvalue weighted by Crippen LogP contribution is -2.18. The van der Waals surface area contributed by atoms with Crippen LogP contribution in [0.2, 0.25) is 0 Å². The first-order chi connectivity index (χ1) is 17.7. The monoisotopic (exact) mass is 505 g/mol. The maximum Gasteiger partial charge on any atom is 0.256 e. The molecule has 0 bridgehead atoms. The molecule has 0 aliphatic carbocycles. The Bertz CT molecular complexity index is 1540. The number of fused-ring (bicyclic) bond motifs is 1. The van der Waals surface area contributed by atoms with E-state index in [4.69, 9.17) is 10.5 Å². The van der Waals surface area contributed by atoms with Crippen LogP contribution in [0.1, 0.15) is 35.6 Å². The van der Waals surface area contributed by atoms with Crippen LogP contribution in [0, 0.1) is 18.7 Å². The molecule has 1 fully saturated rings. The van der Waals surface area contributed by atoms with Gasteiger partial charge in [-0.25, -0.2) is 9.37 Å². The molecule has 5 rings (SSSR count). The number of H-pyrrole nitrogens is 1. The van der Waals surface area contributed by atoms with Crippen LogP contribution in [-0.4, -0.2) is 47.2 Å². The molecule has 37 heavy (non-hydrogen) atoms. The molecular weight excluding hydrogens is 476 g/mol. The number of aryl methyl sites for hydroxylation is 1. The minimum absolute atomic E-state index is 0.00989. The Morgan fingerprint density at radius 1 is 1.08 bits per heavy atom. The molecule has 4 aromatic rings. The number of anilines is 1. The van der Waals surface area contributed by atoms with Crippen molar-refractivity contribution in [1.82, 2.24) is 19.9 Å². The number of nitrogens with two attached hydrogens (primary N) is 1. The van der Waals surface area contributed by atoms with Crippen molar-refractivity contribution in [1.29, 1.82) is 0 Å². The second kappa shape index (κ2) is 9.99. The Balaban J connectivity index is 1.63. The van der Waals surface area contributed by atoms with Gasteiger partial charge in [-0.2, -0.15) is 9.37 Å². The van der Waals surface area contributed by atoms with Crippen molar-refractivity contribution in [2.75, 3.05) is 33.0 Å². The molecule has 9 heteroatoms.